The average molecular weight is 288 g/mol. The molecule has 0 atom stereocenters. The Kier molecular flexibility index (Phi) is 3.92. The zero-order valence-electron chi connectivity index (χ0n) is 13.0. The number of aromatic amines is 1. The van der Waals surface area contributed by atoms with E-state index in [1.807, 2.05) is 6.20 Å². The lowest BCUT2D eigenvalue weighted by Gasteiger charge is -2.20. The van der Waals surface area contributed by atoms with Gasteiger partial charge in [-0.2, -0.15) is 0 Å². The predicted molar refractivity (Wildman–Crippen MR) is 91.8 cm³/mol. The highest BCUT2D eigenvalue weighted by Gasteiger charge is 2.20. The van der Waals surface area contributed by atoms with E-state index in [-0.39, 0.29) is 5.92 Å². The third-order valence-corrected chi connectivity index (χ3v) is 3.93. The standard InChI is InChI=1S/C20H20N2/c1-14-6-4-8-17(10-14)20(16(3)19-12-21-13-22-19)18-9-5-7-15(2)11-18/h4-13,20H,3H2,1-2H3,(H,21,22). The van der Waals surface area contributed by atoms with Crippen LogP contribution in [-0.4, -0.2) is 9.97 Å². The van der Waals surface area contributed by atoms with Crippen molar-refractivity contribution in [1.82, 2.24) is 9.97 Å². The second-order valence-corrected chi connectivity index (χ2v) is 5.74. The number of rotatable bonds is 4. The van der Waals surface area contributed by atoms with Gasteiger partial charge < -0.3 is 4.98 Å². The van der Waals surface area contributed by atoms with Gasteiger partial charge in [-0.1, -0.05) is 66.2 Å². The molecule has 1 aromatic heterocycles. The van der Waals surface area contributed by atoms with E-state index in [1.165, 1.54) is 22.3 Å². The summed E-state index contributed by atoms with van der Waals surface area (Å²) >= 11 is 0. The Morgan fingerprint density at radius 2 is 1.59 bits per heavy atom. The maximum atomic E-state index is 4.38. The summed E-state index contributed by atoms with van der Waals surface area (Å²) in [6, 6.07) is 17.2. The fraction of sp³-hybridized carbons (Fsp3) is 0.150. The smallest absolute Gasteiger partial charge is 0.0927 e. The minimum Gasteiger partial charge on any atom is -0.351 e. The van der Waals surface area contributed by atoms with Crippen molar-refractivity contribution in [3.63, 3.8) is 0 Å². The highest BCUT2D eigenvalue weighted by molar-refractivity contribution is 5.71. The number of nitrogens with zero attached hydrogens (tertiary/aromatic N) is 1. The van der Waals surface area contributed by atoms with Gasteiger partial charge in [-0.15, -0.1) is 0 Å². The number of hydrogen-bond donors (Lipinski definition) is 1. The van der Waals surface area contributed by atoms with Crippen LogP contribution >= 0.6 is 0 Å². The third-order valence-electron chi connectivity index (χ3n) is 3.93. The first-order valence-electron chi connectivity index (χ1n) is 7.46. The van der Waals surface area contributed by atoms with E-state index in [4.69, 9.17) is 0 Å². The second kappa shape index (κ2) is 6.02. The summed E-state index contributed by atoms with van der Waals surface area (Å²) in [5.74, 6) is 0.114. The highest BCUT2D eigenvalue weighted by atomic mass is 14.9. The normalized spacial score (nSPS) is 10.9. The van der Waals surface area contributed by atoms with E-state index in [1.54, 1.807) is 6.33 Å². The van der Waals surface area contributed by atoms with Gasteiger partial charge in [0, 0.05) is 12.1 Å². The average Bonchev–Trinajstić information content (AvgIpc) is 3.02. The van der Waals surface area contributed by atoms with E-state index in [0.29, 0.717) is 0 Å². The number of aromatic nitrogens is 2. The van der Waals surface area contributed by atoms with Crippen LogP contribution in [0.5, 0.6) is 0 Å². The second-order valence-electron chi connectivity index (χ2n) is 5.74. The van der Waals surface area contributed by atoms with Gasteiger partial charge in [0.1, 0.15) is 0 Å². The third kappa shape index (κ3) is 2.86. The Labute approximate surface area is 131 Å². The van der Waals surface area contributed by atoms with Crippen LogP contribution in [0.2, 0.25) is 0 Å². The zero-order chi connectivity index (χ0) is 15.5. The van der Waals surface area contributed by atoms with Crippen molar-refractivity contribution < 1.29 is 0 Å². The van der Waals surface area contributed by atoms with Gasteiger partial charge in [0.05, 0.1) is 12.0 Å². The Balaban J connectivity index is 2.12. The van der Waals surface area contributed by atoms with Crippen LogP contribution in [0.25, 0.3) is 5.57 Å². The molecule has 3 rings (SSSR count). The van der Waals surface area contributed by atoms with E-state index >= 15 is 0 Å². The van der Waals surface area contributed by atoms with E-state index in [0.717, 1.165) is 11.3 Å². The van der Waals surface area contributed by atoms with E-state index in [2.05, 4.69) is 78.9 Å². The van der Waals surface area contributed by atoms with Gasteiger partial charge in [0.15, 0.2) is 0 Å². The summed E-state index contributed by atoms with van der Waals surface area (Å²) in [5.41, 5.74) is 6.93. The maximum absolute atomic E-state index is 4.38. The Bertz CT molecular complexity index is 739. The number of aryl methyl sites for hydroxylation is 2. The highest BCUT2D eigenvalue weighted by Crippen LogP contribution is 2.36. The van der Waals surface area contributed by atoms with Gasteiger partial charge in [0.2, 0.25) is 0 Å². The molecule has 0 aliphatic heterocycles. The maximum Gasteiger partial charge on any atom is 0.0927 e. The lowest BCUT2D eigenvalue weighted by Crippen LogP contribution is -2.04. The molecule has 0 bridgehead atoms. The van der Waals surface area contributed by atoms with Crippen molar-refractivity contribution in [2.45, 2.75) is 19.8 Å². The van der Waals surface area contributed by atoms with Gasteiger partial charge in [0.25, 0.3) is 0 Å². The van der Waals surface area contributed by atoms with Gasteiger partial charge in [-0.3, -0.25) is 0 Å². The molecule has 0 aliphatic carbocycles. The Morgan fingerprint density at radius 1 is 1.00 bits per heavy atom. The summed E-state index contributed by atoms with van der Waals surface area (Å²) in [6.45, 7) is 8.57. The lowest BCUT2D eigenvalue weighted by atomic mass is 9.83. The Morgan fingerprint density at radius 3 is 2.05 bits per heavy atom. The molecule has 1 N–H and O–H groups in total. The van der Waals surface area contributed by atoms with Crippen molar-refractivity contribution in [2.24, 2.45) is 0 Å². The number of imidazole rings is 1. The molecule has 3 aromatic rings. The molecule has 0 saturated heterocycles. The van der Waals surface area contributed by atoms with Crippen LogP contribution < -0.4 is 0 Å². The largest absolute Gasteiger partial charge is 0.351 e. The van der Waals surface area contributed by atoms with Crippen molar-refractivity contribution in [1.29, 1.82) is 0 Å². The molecule has 0 aliphatic rings. The molecule has 0 spiro atoms. The van der Waals surface area contributed by atoms with E-state index < -0.39 is 0 Å². The van der Waals surface area contributed by atoms with Crippen LogP contribution in [0.3, 0.4) is 0 Å². The summed E-state index contributed by atoms with van der Waals surface area (Å²) in [6.07, 6.45) is 3.60. The minimum atomic E-state index is 0.114. The Hall–Kier alpha value is -2.61. The molecular weight excluding hydrogens is 268 g/mol. The molecule has 2 heteroatoms. The molecule has 0 amide bonds. The molecule has 1 heterocycles. The van der Waals surface area contributed by atoms with Gasteiger partial charge >= 0.3 is 0 Å². The van der Waals surface area contributed by atoms with Crippen LogP contribution in [0.4, 0.5) is 0 Å². The lowest BCUT2D eigenvalue weighted by molar-refractivity contribution is 1.03. The molecule has 0 fully saturated rings. The van der Waals surface area contributed by atoms with Crippen molar-refractivity contribution in [3.8, 4) is 0 Å². The van der Waals surface area contributed by atoms with Crippen LogP contribution in [0.1, 0.15) is 33.9 Å². The first-order chi connectivity index (χ1) is 10.6. The molecule has 2 aromatic carbocycles. The van der Waals surface area contributed by atoms with Crippen molar-refractivity contribution in [3.05, 3.63) is 95.6 Å². The van der Waals surface area contributed by atoms with Gasteiger partial charge in [-0.05, 0) is 30.5 Å². The van der Waals surface area contributed by atoms with Crippen LogP contribution in [0.15, 0.2) is 67.6 Å². The van der Waals surface area contributed by atoms with Gasteiger partial charge in [-0.25, -0.2) is 4.98 Å². The predicted octanol–water partition coefficient (Wildman–Crippen LogP) is 4.87. The molecular formula is C20H20N2. The van der Waals surface area contributed by atoms with Crippen LogP contribution in [0, 0.1) is 13.8 Å². The molecule has 22 heavy (non-hydrogen) atoms. The molecule has 0 saturated carbocycles. The number of nitrogens with one attached hydrogen (secondary N) is 1. The zero-order valence-corrected chi connectivity index (χ0v) is 13.0. The number of H-pyrrole nitrogens is 1. The fourth-order valence-corrected chi connectivity index (χ4v) is 2.88. The SMILES string of the molecule is C=C(c1c[nH]cn1)C(c1cccc(C)c1)c1cccc(C)c1. The number of benzene rings is 2. The molecule has 110 valence electrons. The summed E-state index contributed by atoms with van der Waals surface area (Å²) in [4.78, 5) is 7.40. The minimum absolute atomic E-state index is 0.114. The summed E-state index contributed by atoms with van der Waals surface area (Å²) in [7, 11) is 0. The summed E-state index contributed by atoms with van der Waals surface area (Å²) in [5, 5.41) is 0. The number of hydrogen-bond acceptors (Lipinski definition) is 1. The van der Waals surface area contributed by atoms with E-state index in [9.17, 15) is 0 Å². The number of allylic oxidation sites excluding steroid dienone is 1. The molecule has 2 nitrogen and oxygen atoms in total. The topological polar surface area (TPSA) is 28.7 Å². The van der Waals surface area contributed by atoms with Crippen molar-refractivity contribution >= 4 is 5.57 Å². The van der Waals surface area contributed by atoms with Crippen molar-refractivity contribution in [2.75, 3.05) is 0 Å². The summed E-state index contributed by atoms with van der Waals surface area (Å²) < 4.78 is 0. The van der Waals surface area contributed by atoms with Crippen LogP contribution in [-0.2, 0) is 0 Å². The first-order valence-corrected chi connectivity index (χ1v) is 7.46. The quantitative estimate of drug-likeness (QED) is 0.729. The molecule has 0 unspecified atom stereocenters. The fourth-order valence-electron chi connectivity index (χ4n) is 2.88. The first kappa shape index (κ1) is 14.3. The molecule has 0 radical (unpaired) electrons. The monoisotopic (exact) mass is 288 g/mol.